The molecule has 1 aliphatic rings. The molecule has 0 spiro atoms. The van der Waals surface area contributed by atoms with E-state index >= 15 is 0 Å². The molecular formula is C10H18O. The predicted molar refractivity (Wildman–Crippen MR) is 46.4 cm³/mol. The topological polar surface area (TPSA) is 17.1 Å². The van der Waals surface area contributed by atoms with Crippen LogP contribution in [0.25, 0.3) is 0 Å². The number of carbonyl (C=O) groups excluding carboxylic acids is 1. The first-order valence-corrected chi connectivity index (χ1v) is 4.57. The number of Topliss-reactive ketones (excluding diaryl/α,β-unsaturated/α-hetero) is 1. The first-order valence-electron chi connectivity index (χ1n) is 4.57. The molecule has 0 N–H and O–H groups in total. The molecule has 1 saturated carbocycles. The highest BCUT2D eigenvalue weighted by Crippen LogP contribution is 2.36. The van der Waals surface area contributed by atoms with Gasteiger partial charge in [-0.05, 0) is 18.3 Å². The van der Waals surface area contributed by atoms with Gasteiger partial charge in [-0.25, -0.2) is 0 Å². The Balaban J connectivity index is 2.73. The molecule has 1 unspecified atom stereocenters. The van der Waals surface area contributed by atoms with Crippen LogP contribution in [-0.2, 0) is 4.79 Å². The van der Waals surface area contributed by atoms with E-state index in [1.165, 1.54) is 12.8 Å². The Hall–Kier alpha value is -0.330. The SMILES string of the molecule is CC1C(=O)CCCCC1(C)C. The van der Waals surface area contributed by atoms with Crippen molar-refractivity contribution in [3.63, 3.8) is 0 Å². The van der Waals surface area contributed by atoms with E-state index in [1.807, 2.05) is 0 Å². The van der Waals surface area contributed by atoms with Crippen LogP contribution in [0.2, 0.25) is 0 Å². The smallest absolute Gasteiger partial charge is 0.136 e. The van der Waals surface area contributed by atoms with Gasteiger partial charge in [0, 0.05) is 12.3 Å². The molecule has 1 heteroatoms. The Bertz CT molecular complexity index is 158. The second-order valence-electron chi connectivity index (χ2n) is 4.38. The van der Waals surface area contributed by atoms with Crippen molar-refractivity contribution in [2.24, 2.45) is 11.3 Å². The summed E-state index contributed by atoms with van der Waals surface area (Å²) in [5.41, 5.74) is 0.244. The van der Waals surface area contributed by atoms with Gasteiger partial charge < -0.3 is 0 Å². The van der Waals surface area contributed by atoms with Crippen molar-refractivity contribution >= 4 is 5.78 Å². The molecule has 64 valence electrons. The summed E-state index contributed by atoms with van der Waals surface area (Å²) < 4.78 is 0. The van der Waals surface area contributed by atoms with Crippen LogP contribution in [0.3, 0.4) is 0 Å². The van der Waals surface area contributed by atoms with E-state index < -0.39 is 0 Å². The zero-order chi connectivity index (χ0) is 8.48. The van der Waals surface area contributed by atoms with Crippen LogP contribution in [0.1, 0.15) is 46.5 Å². The lowest BCUT2D eigenvalue weighted by Crippen LogP contribution is -2.26. The third-order valence-electron chi connectivity index (χ3n) is 3.15. The van der Waals surface area contributed by atoms with E-state index in [4.69, 9.17) is 0 Å². The van der Waals surface area contributed by atoms with Crippen LogP contribution in [0.4, 0.5) is 0 Å². The second-order valence-corrected chi connectivity index (χ2v) is 4.38. The van der Waals surface area contributed by atoms with Crippen LogP contribution in [0.15, 0.2) is 0 Å². The van der Waals surface area contributed by atoms with E-state index in [1.54, 1.807) is 0 Å². The number of ketones is 1. The second kappa shape index (κ2) is 2.96. The maximum absolute atomic E-state index is 11.4. The summed E-state index contributed by atoms with van der Waals surface area (Å²) in [4.78, 5) is 11.4. The maximum atomic E-state index is 11.4. The lowest BCUT2D eigenvalue weighted by Gasteiger charge is -2.28. The molecule has 1 nitrogen and oxygen atoms in total. The first kappa shape index (κ1) is 8.76. The largest absolute Gasteiger partial charge is 0.299 e. The van der Waals surface area contributed by atoms with Crippen LogP contribution >= 0.6 is 0 Å². The van der Waals surface area contributed by atoms with Gasteiger partial charge in [0.1, 0.15) is 5.78 Å². The molecule has 0 heterocycles. The van der Waals surface area contributed by atoms with E-state index in [-0.39, 0.29) is 11.3 Å². The average Bonchev–Trinajstić information content (AvgIpc) is 2.03. The number of rotatable bonds is 0. The highest BCUT2D eigenvalue weighted by Gasteiger charge is 2.32. The highest BCUT2D eigenvalue weighted by atomic mass is 16.1. The van der Waals surface area contributed by atoms with E-state index in [2.05, 4.69) is 20.8 Å². The summed E-state index contributed by atoms with van der Waals surface area (Å²) in [7, 11) is 0. The van der Waals surface area contributed by atoms with Gasteiger partial charge in [0.2, 0.25) is 0 Å². The Morgan fingerprint density at radius 2 is 2.00 bits per heavy atom. The molecule has 1 aliphatic carbocycles. The third-order valence-corrected chi connectivity index (χ3v) is 3.15. The average molecular weight is 154 g/mol. The molecule has 0 saturated heterocycles. The summed E-state index contributed by atoms with van der Waals surface area (Å²) in [5.74, 6) is 0.734. The first-order chi connectivity index (χ1) is 5.04. The summed E-state index contributed by atoms with van der Waals surface area (Å²) in [6.45, 7) is 6.50. The van der Waals surface area contributed by atoms with Crippen molar-refractivity contribution in [3.05, 3.63) is 0 Å². The summed E-state index contributed by atoms with van der Waals surface area (Å²) in [5, 5.41) is 0. The highest BCUT2D eigenvalue weighted by molar-refractivity contribution is 5.81. The van der Waals surface area contributed by atoms with E-state index in [9.17, 15) is 4.79 Å². The van der Waals surface area contributed by atoms with E-state index in [0.717, 1.165) is 12.8 Å². The summed E-state index contributed by atoms with van der Waals surface area (Å²) in [6.07, 6.45) is 4.35. The quantitative estimate of drug-likeness (QED) is 0.490. The fourth-order valence-electron chi connectivity index (χ4n) is 1.75. The molecular weight excluding hydrogens is 136 g/mol. The van der Waals surface area contributed by atoms with Gasteiger partial charge in [0.15, 0.2) is 0 Å². The van der Waals surface area contributed by atoms with Gasteiger partial charge >= 0.3 is 0 Å². The predicted octanol–water partition coefficient (Wildman–Crippen LogP) is 2.79. The minimum atomic E-state index is 0.244. The van der Waals surface area contributed by atoms with Crippen LogP contribution in [0.5, 0.6) is 0 Å². The van der Waals surface area contributed by atoms with Crippen LogP contribution in [0, 0.1) is 11.3 Å². The maximum Gasteiger partial charge on any atom is 0.136 e. The lowest BCUT2D eigenvalue weighted by atomic mass is 9.76. The van der Waals surface area contributed by atoms with Crippen molar-refractivity contribution < 1.29 is 4.79 Å². The van der Waals surface area contributed by atoms with Gasteiger partial charge in [-0.2, -0.15) is 0 Å². The summed E-state index contributed by atoms with van der Waals surface area (Å²) >= 11 is 0. The minimum Gasteiger partial charge on any atom is -0.299 e. The number of carbonyl (C=O) groups is 1. The number of hydrogen-bond donors (Lipinski definition) is 0. The van der Waals surface area contributed by atoms with Gasteiger partial charge in [0.05, 0.1) is 0 Å². The molecule has 0 aromatic carbocycles. The van der Waals surface area contributed by atoms with Crippen LogP contribution in [-0.4, -0.2) is 5.78 Å². The minimum absolute atomic E-state index is 0.244. The molecule has 1 fully saturated rings. The van der Waals surface area contributed by atoms with Crippen molar-refractivity contribution in [1.29, 1.82) is 0 Å². The fraction of sp³-hybridized carbons (Fsp3) is 0.900. The Labute approximate surface area is 69.2 Å². The Kier molecular flexibility index (Phi) is 2.36. The van der Waals surface area contributed by atoms with Crippen molar-refractivity contribution in [3.8, 4) is 0 Å². The lowest BCUT2D eigenvalue weighted by molar-refractivity contribution is -0.124. The third kappa shape index (κ3) is 1.82. The molecule has 0 amide bonds. The van der Waals surface area contributed by atoms with Crippen molar-refractivity contribution in [2.45, 2.75) is 46.5 Å². The van der Waals surface area contributed by atoms with Gasteiger partial charge in [-0.3, -0.25) is 4.79 Å². The van der Waals surface area contributed by atoms with Crippen molar-refractivity contribution in [2.75, 3.05) is 0 Å². The molecule has 0 bridgehead atoms. The van der Waals surface area contributed by atoms with Crippen molar-refractivity contribution in [1.82, 2.24) is 0 Å². The molecule has 0 aromatic rings. The molecule has 0 radical (unpaired) electrons. The van der Waals surface area contributed by atoms with Gasteiger partial charge in [-0.15, -0.1) is 0 Å². The molecule has 1 rings (SSSR count). The molecule has 1 atom stereocenters. The Morgan fingerprint density at radius 1 is 1.36 bits per heavy atom. The monoisotopic (exact) mass is 154 g/mol. The summed E-state index contributed by atoms with van der Waals surface area (Å²) in [6, 6.07) is 0. The zero-order valence-electron chi connectivity index (χ0n) is 7.81. The van der Waals surface area contributed by atoms with E-state index in [0.29, 0.717) is 5.78 Å². The molecule has 0 aliphatic heterocycles. The standard InChI is InChI=1S/C10H18O/c1-8-9(11)6-4-5-7-10(8,2)3/h8H,4-7H2,1-3H3. The van der Waals surface area contributed by atoms with Gasteiger partial charge in [-0.1, -0.05) is 27.2 Å². The normalized spacial score (nSPS) is 31.5. The van der Waals surface area contributed by atoms with Crippen LogP contribution < -0.4 is 0 Å². The fourth-order valence-corrected chi connectivity index (χ4v) is 1.75. The van der Waals surface area contributed by atoms with Gasteiger partial charge in [0.25, 0.3) is 0 Å². The molecule has 11 heavy (non-hydrogen) atoms. The molecule has 0 aromatic heterocycles. The zero-order valence-corrected chi connectivity index (χ0v) is 7.81. The number of hydrogen-bond acceptors (Lipinski definition) is 1. The Morgan fingerprint density at radius 3 is 2.64 bits per heavy atom.